The number of carbonyl (C=O) groups is 1. The van der Waals surface area contributed by atoms with Gasteiger partial charge in [-0.25, -0.2) is 9.67 Å². The lowest BCUT2D eigenvalue weighted by atomic mass is 10.2. The van der Waals surface area contributed by atoms with Gasteiger partial charge in [0.05, 0.1) is 24.0 Å². The Kier molecular flexibility index (Phi) is 4.82. The molecule has 0 unspecified atom stereocenters. The number of piperazine rings is 1. The zero-order chi connectivity index (χ0) is 18.8. The number of thiazole rings is 1. The molecule has 9 nitrogen and oxygen atoms in total. The van der Waals surface area contributed by atoms with Gasteiger partial charge in [-0.1, -0.05) is 0 Å². The predicted octanol–water partition coefficient (Wildman–Crippen LogP) is 1.18. The molecule has 0 atom stereocenters. The second-order valence-corrected chi connectivity index (χ2v) is 6.95. The normalized spacial score (nSPS) is 15.1. The fourth-order valence-electron chi connectivity index (χ4n) is 2.89. The van der Waals surface area contributed by atoms with Gasteiger partial charge in [0.25, 0.3) is 5.91 Å². The van der Waals surface area contributed by atoms with Gasteiger partial charge in [-0.3, -0.25) is 4.79 Å². The molecule has 1 aliphatic rings. The number of hydrogen-bond donors (Lipinski definition) is 0. The molecule has 0 bridgehead atoms. The zero-order valence-electron chi connectivity index (χ0n) is 15.1. The first kappa shape index (κ1) is 17.6. The summed E-state index contributed by atoms with van der Waals surface area (Å²) in [6.07, 6.45) is 0. The van der Waals surface area contributed by atoms with Crippen molar-refractivity contribution in [3.63, 3.8) is 0 Å². The number of carbonyl (C=O) groups excluding carboxylic acids is 1. The van der Waals surface area contributed by atoms with Gasteiger partial charge in [-0.05, 0) is 19.2 Å². The Morgan fingerprint density at radius 1 is 1.19 bits per heavy atom. The number of rotatable bonds is 4. The molecule has 10 heteroatoms. The Hall–Kier alpha value is -2.85. The van der Waals surface area contributed by atoms with Crippen LogP contribution in [0.1, 0.15) is 10.5 Å². The fourth-order valence-corrected chi connectivity index (χ4v) is 3.43. The molecule has 0 aliphatic carbocycles. The Morgan fingerprint density at radius 3 is 2.63 bits per heavy atom. The van der Waals surface area contributed by atoms with Crippen LogP contribution in [0, 0.1) is 0 Å². The first-order valence-electron chi connectivity index (χ1n) is 8.50. The molecule has 3 aromatic heterocycles. The van der Waals surface area contributed by atoms with E-state index in [0.717, 1.165) is 18.8 Å². The number of likely N-dealkylation sites (N-methyl/N-ethyl adjacent to an activating group) is 1. The van der Waals surface area contributed by atoms with Crippen LogP contribution in [-0.2, 0) is 0 Å². The first-order valence-corrected chi connectivity index (χ1v) is 9.44. The second-order valence-electron chi connectivity index (χ2n) is 6.23. The monoisotopic (exact) mass is 385 g/mol. The quantitative estimate of drug-likeness (QED) is 0.666. The lowest BCUT2D eigenvalue weighted by molar-refractivity contribution is 0.0657. The van der Waals surface area contributed by atoms with E-state index in [2.05, 4.69) is 32.2 Å². The minimum Gasteiger partial charge on any atom is -0.480 e. The van der Waals surface area contributed by atoms with Crippen LogP contribution in [0.4, 0.5) is 0 Å². The third-order valence-electron chi connectivity index (χ3n) is 4.47. The van der Waals surface area contributed by atoms with Gasteiger partial charge in [0.2, 0.25) is 5.88 Å². The Labute approximate surface area is 160 Å². The molecule has 0 saturated carbocycles. The Bertz CT molecular complexity index is 915. The minimum atomic E-state index is -0.0835. The number of hydrogen-bond acceptors (Lipinski definition) is 8. The number of amides is 1. The molecular weight excluding hydrogens is 366 g/mol. The molecule has 0 N–H and O–H groups in total. The highest BCUT2D eigenvalue weighted by Crippen LogP contribution is 2.24. The van der Waals surface area contributed by atoms with Crippen LogP contribution in [0.2, 0.25) is 0 Å². The molecule has 140 valence electrons. The Balaban J connectivity index is 1.70. The van der Waals surface area contributed by atoms with Gasteiger partial charge in [0.15, 0.2) is 11.5 Å². The van der Waals surface area contributed by atoms with Crippen LogP contribution in [0.5, 0.6) is 5.88 Å². The maximum absolute atomic E-state index is 12.9. The van der Waals surface area contributed by atoms with Crippen LogP contribution in [0.25, 0.3) is 17.2 Å². The molecule has 1 amide bonds. The highest BCUT2D eigenvalue weighted by molar-refractivity contribution is 7.07. The van der Waals surface area contributed by atoms with Crippen molar-refractivity contribution >= 4 is 17.2 Å². The van der Waals surface area contributed by atoms with Crippen molar-refractivity contribution < 1.29 is 9.53 Å². The van der Waals surface area contributed by atoms with Crippen LogP contribution < -0.4 is 4.74 Å². The zero-order valence-corrected chi connectivity index (χ0v) is 15.9. The number of methoxy groups -OCH3 is 1. The largest absolute Gasteiger partial charge is 0.480 e. The van der Waals surface area contributed by atoms with E-state index < -0.39 is 0 Å². The van der Waals surface area contributed by atoms with E-state index in [-0.39, 0.29) is 5.91 Å². The third-order valence-corrected chi connectivity index (χ3v) is 5.05. The summed E-state index contributed by atoms with van der Waals surface area (Å²) in [4.78, 5) is 21.3. The summed E-state index contributed by atoms with van der Waals surface area (Å²) >= 11 is 1.48. The summed E-state index contributed by atoms with van der Waals surface area (Å²) in [5.74, 6) is 0.825. The van der Waals surface area contributed by atoms with E-state index >= 15 is 0 Å². The molecule has 1 saturated heterocycles. The predicted molar refractivity (Wildman–Crippen MR) is 100 cm³/mol. The number of aromatic nitrogens is 5. The van der Waals surface area contributed by atoms with Gasteiger partial charge < -0.3 is 14.5 Å². The van der Waals surface area contributed by atoms with E-state index in [1.165, 1.54) is 18.4 Å². The molecule has 0 aromatic carbocycles. The molecule has 0 spiro atoms. The third kappa shape index (κ3) is 3.53. The second kappa shape index (κ2) is 7.41. The van der Waals surface area contributed by atoms with Crippen LogP contribution in [0.15, 0.2) is 29.1 Å². The van der Waals surface area contributed by atoms with Crippen molar-refractivity contribution in [1.29, 1.82) is 0 Å². The molecule has 0 radical (unpaired) electrons. The van der Waals surface area contributed by atoms with Gasteiger partial charge >= 0.3 is 0 Å². The van der Waals surface area contributed by atoms with E-state index in [0.29, 0.717) is 36.2 Å². The molecule has 1 fully saturated rings. The minimum absolute atomic E-state index is 0.0835. The van der Waals surface area contributed by atoms with Crippen molar-refractivity contribution in [3.05, 3.63) is 34.8 Å². The van der Waals surface area contributed by atoms with Gasteiger partial charge in [-0.15, -0.1) is 21.5 Å². The lowest BCUT2D eigenvalue weighted by Gasteiger charge is -2.31. The summed E-state index contributed by atoms with van der Waals surface area (Å²) < 4.78 is 6.66. The fraction of sp³-hybridized carbons (Fsp3) is 0.353. The standard InChI is InChI=1S/C17H19N7O2S/c1-22-5-7-23(8-6-22)17(25)12-9-14(13-10-27-11-18-13)24(21-12)15-3-4-16(26-2)20-19-15/h3-4,9-11H,5-8H2,1-2H3. The lowest BCUT2D eigenvalue weighted by Crippen LogP contribution is -2.47. The summed E-state index contributed by atoms with van der Waals surface area (Å²) in [5.41, 5.74) is 3.56. The summed E-state index contributed by atoms with van der Waals surface area (Å²) in [5, 5.41) is 14.6. The topological polar surface area (TPSA) is 89.3 Å². The van der Waals surface area contributed by atoms with Gasteiger partial charge in [-0.2, -0.15) is 5.10 Å². The van der Waals surface area contributed by atoms with Crippen LogP contribution in [0.3, 0.4) is 0 Å². The summed E-state index contributed by atoms with van der Waals surface area (Å²) in [6, 6.07) is 5.22. The van der Waals surface area contributed by atoms with E-state index in [9.17, 15) is 4.79 Å². The van der Waals surface area contributed by atoms with Crippen molar-refractivity contribution in [1.82, 2.24) is 34.8 Å². The molecule has 4 rings (SSSR count). The maximum Gasteiger partial charge on any atom is 0.274 e. The van der Waals surface area contributed by atoms with Crippen molar-refractivity contribution in [2.45, 2.75) is 0 Å². The average molecular weight is 385 g/mol. The van der Waals surface area contributed by atoms with Crippen LogP contribution in [-0.4, -0.2) is 81.0 Å². The number of nitrogens with zero attached hydrogens (tertiary/aromatic N) is 7. The van der Waals surface area contributed by atoms with E-state index in [1.54, 1.807) is 28.4 Å². The van der Waals surface area contributed by atoms with Crippen molar-refractivity contribution in [3.8, 4) is 23.1 Å². The highest BCUT2D eigenvalue weighted by atomic mass is 32.1. The SMILES string of the molecule is COc1ccc(-n2nc(C(=O)N3CCN(C)CC3)cc2-c2cscn2)nn1. The molecule has 27 heavy (non-hydrogen) atoms. The molecule has 3 aromatic rings. The summed E-state index contributed by atoms with van der Waals surface area (Å²) in [6.45, 7) is 3.10. The van der Waals surface area contributed by atoms with Crippen LogP contribution >= 0.6 is 11.3 Å². The van der Waals surface area contributed by atoms with Crippen molar-refractivity contribution in [2.24, 2.45) is 0 Å². The smallest absolute Gasteiger partial charge is 0.274 e. The number of ether oxygens (including phenoxy) is 1. The summed E-state index contributed by atoms with van der Waals surface area (Å²) in [7, 11) is 3.59. The van der Waals surface area contributed by atoms with Gasteiger partial charge in [0.1, 0.15) is 0 Å². The highest BCUT2D eigenvalue weighted by Gasteiger charge is 2.25. The first-order chi connectivity index (χ1) is 13.2. The van der Waals surface area contributed by atoms with Crippen molar-refractivity contribution in [2.75, 3.05) is 40.3 Å². The van der Waals surface area contributed by atoms with E-state index in [4.69, 9.17) is 4.74 Å². The molecule has 1 aliphatic heterocycles. The van der Waals surface area contributed by atoms with Gasteiger partial charge in [0, 0.05) is 37.6 Å². The molecular formula is C17H19N7O2S. The van der Waals surface area contributed by atoms with E-state index in [1.807, 2.05) is 10.3 Å². The Morgan fingerprint density at radius 2 is 2.00 bits per heavy atom. The average Bonchev–Trinajstić information content (AvgIpc) is 3.38. The molecule has 4 heterocycles. The maximum atomic E-state index is 12.9.